The van der Waals surface area contributed by atoms with Gasteiger partial charge < -0.3 is 9.64 Å². The Morgan fingerprint density at radius 1 is 0.933 bits per heavy atom. The summed E-state index contributed by atoms with van der Waals surface area (Å²) in [5, 5.41) is 0. The van der Waals surface area contributed by atoms with Gasteiger partial charge in [-0.25, -0.2) is 8.42 Å². The highest BCUT2D eigenvalue weighted by Gasteiger charge is 2.36. The quantitative estimate of drug-likeness (QED) is 0.559. The molecular weight excluding hydrogens is 398 g/mol. The van der Waals surface area contributed by atoms with E-state index < -0.39 is 15.6 Å². The average Bonchev–Trinajstić information content (AvgIpc) is 2.73. The monoisotopic (exact) mass is 419 g/mol. The molecule has 1 aliphatic heterocycles. The van der Waals surface area contributed by atoms with Crippen LogP contribution < -0.4 is 9.64 Å². The molecule has 1 aliphatic rings. The molecule has 0 saturated heterocycles. The van der Waals surface area contributed by atoms with Crippen LogP contribution in [0.1, 0.15) is 21.5 Å². The van der Waals surface area contributed by atoms with Crippen LogP contribution >= 0.6 is 0 Å². The highest BCUT2D eigenvalue weighted by Crippen LogP contribution is 2.41. The largest absolute Gasteiger partial charge is 0.497 e. The van der Waals surface area contributed by atoms with Crippen LogP contribution in [0.5, 0.6) is 5.75 Å². The van der Waals surface area contributed by atoms with Crippen molar-refractivity contribution in [3.63, 3.8) is 0 Å². The SMILES string of the molecule is COc1cccc(N2C=C(C(=O)c3ccc(C)cc3C)S(=O)(=O)c3ccccc32)c1. The highest BCUT2D eigenvalue weighted by molar-refractivity contribution is 7.96. The lowest BCUT2D eigenvalue weighted by atomic mass is 10.0. The minimum absolute atomic E-state index is 0.100. The van der Waals surface area contributed by atoms with E-state index in [-0.39, 0.29) is 9.80 Å². The Balaban J connectivity index is 1.93. The molecule has 0 bridgehead atoms. The number of ether oxygens (including phenoxy) is 1. The van der Waals surface area contributed by atoms with Gasteiger partial charge in [0.05, 0.1) is 17.7 Å². The van der Waals surface area contributed by atoms with Crippen LogP contribution in [0.25, 0.3) is 0 Å². The summed E-state index contributed by atoms with van der Waals surface area (Å²) >= 11 is 0. The van der Waals surface area contributed by atoms with Crippen molar-refractivity contribution in [3.05, 3.63) is 94.5 Å². The van der Waals surface area contributed by atoms with Crippen LogP contribution in [0.2, 0.25) is 0 Å². The number of ketones is 1. The van der Waals surface area contributed by atoms with E-state index in [0.717, 1.165) is 11.1 Å². The van der Waals surface area contributed by atoms with Gasteiger partial charge in [0.25, 0.3) is 0 Å². The summed E-state index contributed by atoms with van der Waals surface area (Å²) < 4.78 is 32.0. The van der Waals surface area contributed by atoms with Crippen molar-refractivity contribution in [1.29, 1.82) is 0 Å². The van der Waals surface area contributed by atoms with Crippen molar-refractivity contribution in [2.75, 3.05) is 12.0 Å². The van der Waals surface area contributed by atoms with E-state index in [0.29, 0.717) is 22.7 Å². The minimum Gasteiger partial charge on any atom is -0.497 e. The number of methoxy groups -OCH3 is 1. The Labute approximate surface area is 176 Å². The summed E-state index contributed by atoms with van der Waals surface area (Å²) in [6, 6.07) is 19.3. The molecule has 152 valence electrons. The number of allylic oxidation sites excluding steroid dienone is 1. The van der Waals surface area contributed by atoms with Crippen LogP contribution in [0.15, 0.2) is 82.7 Å². The Kier molecular flexibility index (Phi) is 4.95. The Morgan fingerprint density at radius 3 is 2.43 bits per heavy atom. The Hall–Kier alpha value is -3.38. The Morgan fingerprint density at radius 2 is 1.70 bits per heavy atom. The number of hydrogen-bond acceptors (Lipinski definition) is 5. The van der Waals surface area contributed by atoms with Crippen LogP contribution in [0.3, 0.4) is 0 Å². The Bertz CT molecular complexity index is 1290. The van der Waals surface area contributed by atoms with Crippen LogP contribution in [-0.2, 0) is 9.84 Å². The lowest BCUT2D eigenvalue weighted by Crippen LogP contribution is -2.26. The van der Waals surface area contributed by atoms with Crippen molar-refractivity contribution in [1.82, 2.24) is 0 Å². The lowest BCUT2D eigenvalue weighted by Gasteiger charge is -2.29. The van der Waals surface area contributed by atoms with E-state index in [4.69, 9.17) is 4.74 Å². The second-order valence-electron chi connectivity index (χ2n) is 7.18. The maximum absolute atomic E-state index is 13.4. The number of Topliss-reactive ketones (excluding diaryl/α,β-unsaturated/α-hetero) is 1. The number of carbonyl (C=O) groups excluding carboxylic acids is 1. The predicted octanol–water partition coefficient (Wildman–Crippen LogP) is 4.96. The third-order valence-electron chi connectivity index (χ3n) is 5.13. The first-order valence-corrected chi connectivity index (χ1v) is 10.9. The summed E-state index contributed by atoms with van der Waals surface area (Å²) in [5.41, 5.74) is 3.31. The van der Waals surface area contributed by atoms with Gasteiger partial charge in [-0.1, -0.05) is 42.0 Å². The molecule has 0 unspecified atom stereocenters. The van der Waals surface area contributed by atoms with Gasteiger partial charge in [0.2, 0.25) is 15.6 Å². The second kappa shape index (κ2) is 7.46. The molecule has 0 amide bonds. The number of hydrogen-bond donors (Lipinski definition) is 0. The third kappa shape index (κ3) is 3.29. The minimum atomic E-state index is -3.98. The summed E-state index contributed by atoms with van der Waals surface area (Å²) in [5.74, 6) is 0.115. The van der Waals surface area contributed by atoms with Gasteiger partial charge >= 0.3 is 0 Å². The molecule has 0 N–H and O–H groups in total. The predicted molar refractivity (Wildman–Crippen MR) is 117 cm³/mol. The zero-order valence-corrected chi connectivity index (χ0v) is 17.7. The zero-order valence-electron chi connectivity index (χ0n) is 16.9. The van der Waals surface area contributed by atoms with Crippen molar-refractivity contribution in [2.45, 2.75) is 18.7 Å². The maximum atomic E-state index is 13.4. The number of carbonyl (C=O) groups is 1. The van der Waals surface area contributed by atoms with Gasteiger partial charge in [0.1, 0.15) is 10.7 Å². The molecule has 0 fully saturated rings. The number of aryl methyl sites for hydroxylation is 2. The molecule has 0 atom stereocenters. The van der Waals surface area contributed by atoms with E-state index in [1.54, 1.807) is 42.3 Å². The first-order valence-electron chi connectivity index (χ1n) is 9.44. The first kappa shape index (κ1) is 19.9. The number of nitrogens with zero attached hydrogens (tertiary/aromatic N) is 1. The van der Waals surface area contributed by atoms with Crippen molar-refractivity contribution < 1.29 is 17.9 Å². The van der Waals surface area contributed by atoms with Crippen LogP contribution in [0.4, 0.5) is 11.4 Å². The normalized spacial score (nSPS) is 14.6. The van der Waals surface area contributed by atoms with Gasteiger partial charge in [-0.15, -0.1) is 0 Å². The lowest BCUT2D eigenvalue weighted by molar-refractivity contribution is 0.104. The molecule has 3 aromatic carbocycles. The molecule has 0 saturated carbocycles. The molecule has 0 spiro atoms. The smallest absolute Gasteiger partial charge is 0.214 e. The molecule has 6 heteroatoms. The molecule has 0 aromatic heterocycles. The average molecular weight is 420 g/mol. The van der Waals surface area contributed by atoms with Crippen molar-refractivity contribution in [3.8, 4) is 5.75 Å². The van der Waals surface area contributed by atoms with Crippen LogP contribution in [-0.4, -0.2) is 21.3 Å². The van der Waals surface area contributed by atoms with Crippen molar-refractivity contribution >= 4 is 27.0 Å². The van der Waals surface area contributed by atoms with Gasteiger partial charge in [-0.3, -0.25) is 4.79 Å². The summed E-state index contributed by atoms with van der Waals surface area (Å²) in [7, 11) is -2.41. The number of benzene rings is 3. The highest BCUT2D eigenvalue weighted by atomic mass is 32.2. The fourth-order valence-corrected chi connectivity index (χ4v) is 5.15. The van der Waals surface area contributed by atoms with Gasteiger partial charge in [-0.05, 0) is 43.7 Å². The zero-order chi connectivity index (χ0) is 21.5. The molecule has 0 aliphatic carbocycles. The van der Waals surface area contributed by atoms with Gasteiger partial charge in [0.15, 0.2) is 0 Å². The molecule has 1 heterocycles. The number of rotatable bonds is 4. The second-order valence-corrected chi connectivity index (χ2v) is 9.07. The van der Waals surface area contributed by atoms with Gasteiger partial charge in [-0.2, -0.15) is 0 Å². The number of anilines is 2. The molecular formula is C24H21NO4S. The summed E-state index contributed by atoms with van der Waals surface area (Å²) in [6.07, 6.45) is 1.41. The standard InChI is InChI=1S/C24H21NO4S/c1-16-11-12-20(17(2)13-16)24(26)23-15-25(18-7-6-8-19(14-18)29-3)21-9-4-5-10-22(21)30(23,27)28/h4-15H,1-3H3. The molecule has 3 aromatic rings. The third-order valence-corrected chi connectivity index (χ3v) is 6.93. The fraction of sp³-hybridized carbons (Fsp3) is 0.125. The topological polar surface area (TPSA) is 63.7 Å². The molecule has 5 nitrogen and oxygen atoms in total. The first-order chi connectivity index (χ1) is 14.3. The van der Waals surface area contributed by atoms with E-state index in [1.807, 2.05) is 44.2 Å². The maximum Gasteiger partial charge on any atom is 0.214 e. The molecule has 4 rings (SSSR count). The van der Waals surface area contributed by atoms with E-state index in [1.165, 1.54) is 12.3 Å². The van der Waals surface area contributed by atoms with Crippen LogP contribution in [0, 0.1) is 13.8 Å². The number of sulfone groups is 1. The molecule has 0 radical (unpaired) electrons. The van der Waals surface area contributed by atoms with E-state index in [9.17, 15) is 13.2 Å². The number of para-hydroxylation sites is 1. The molecule has 30 heavy (non-hydrogen) atoms. The fourth-order valence-electron chi connectivity index (χ4n) is 3.61. The van der Waals surface area contributed by atoms with E-state index >= 15 is 0 Å². The number of fused-ring (bicyclic) bond motifs is 1. The van der Waals surface area contributed by atoms with Gasteiger partial charge in [0, 0.05) is 23.5 Å². The van der Waals surface area contributed by atoms with Crippen molar-refractivity contribution in [2.24, 2.45) is 0 Å². The summed E-state index contributed by atoms with van der Waals surface area (Å²) in [6.45, 7) is 3.74. The van der Waals surface area contributed by atoms with E-state index in [2.05, 4.69) is 0 Å². The summed E-state index contributed by atoms with van der Waals surface area (Å²) in [4.78, 5) is 14.9.